The molecule has 0 bridgehead atoms. The molecule has 0 radical (unpaired) electrons. The van der Waals surface area contributed by atoms with Crippen LogP contribution in [0, 0.1) is 0 Å². The number of hydrogen-bond acceptors (Lipinski definition) is 3. The van der Waals surface area contributed by atoms with Gasteiger partial charge in [0.2, 0.25) is 0 Å². The summed E-state index contributed by atoms with van der Waals surface area (Å²) in [5, 5.41) is 1.77. The Morgan fingerprint density at radius 2 is 1.52 bits per heavy atom. The number of carbonyl (C=O) groups is 2. The zero-order valence-corrected chi connectivity index (χ0v) is 14.2. The van der Waals surface area contributed by atoms with E-state index in [2.05, 4.69) is 0 Å². The Labute approximate surface area is 146 Å². The summed E-state index contributed by atoms with van der Waals surface area (Å²) in [7, 11) is 1.67. The molecule has 0 aliphatic carbocycles. The van der Waals surface area contributed by atoms with E-state index in [9.17, 15) is 9.59 Å². The third kappa shape index (κ3) is 3.53. The molecule has 4 heteroatoms. The van der Waals surface area contributed by atoms with Gasteiger partial charge in [-0.25, -0.2) is 4.79 Å². The van der Waals surface area contributed by atoms with Gasteiger partial charge < -0.3 is 9.64 Å². The third-order valence-electron chi connectivity index (χ3n) is 4.12. The minimum Gasteiger partial charge on any atom is -0.449 e. The van der Waals surface area contributed by atoms with Crippen LogP contribution in [0.25, 0.3) is 10.8 Å². The predicted molar refractivity (Wildman–Crippen MR) is 98.7 cm³/mol. The van der Waals surface area contributed by atoms with E-state index in [0.717, 1.165) is 16.5 Å². The fourth-order valence-electron chi connectivity index (χ4n) is 2.73. The molecule has 1 amide bonds. The lowest BCUT2D eigenvalue weighted by molar-refractivity contribution is -0.126. The second-order valence-corrected chi connectivity index (χ2v) is 5.81. The quantitative estimate of drug-likeness (QED) is 0.677. The van der Waals surface area contributed by atoms with Crippen molar-refractivity contribution in [3.05, 3.63) is 78.4 Å². The Hall–Kier alpha value is -3.14. The van der Waals surface area contributed by atoms with E-state index < -0.39 is 12.1 Å². The number of fused-ring (bicyclic) bond motifs is 1. The molecule has 4 nitrogen and oxygen atoms in total. The average molecular weight is 333 g/mol. The van der Waals surface area contributed by atoms with Gasteiger partial charge in [0, 0.05) is 12.7 Å². The molecule has 25 heavy (non-hydrogen) atoms. The van der Waals surface area contributed by atoms with Crippen molar-refractivity contribution in [2.75, 3.05) is 11.9 Å². The molecule has 126 valence electrons. The summed E-state index contributed by atoms with van der Waals surface area (Å²) in [6, 6.07) is 22.3. The first-order valence-corrected chi connectivity index (χ1v) is 8.09. The number of likely N-dealkylation sites (N-methyl/N-ethyl adjacent to an activating group) is 1. The first-order valence-electron chi connectivity index (χ1n) is 8.09. The summed E-state index contributed by atoms with van der Waals surface area (Å²) in [5.41, 5.74) is 1.21. The Morgan fingerprint density at radius 3 is 2.28 bits per heavy atom. The molecular weight excluding hydrogens is 314 g/mol. The van der Waals surface area contributed by atoms with Crippen LogP contribution < -0.4 is 4.90 Å². The van der Waals surface area contributed by atoms with Crippen LogP contribution in [0.15, 0.2) is 72.8 Å². The number of rotatable bonds is 4. The van der Waals surface area contributed by atoms with Gasteiger partial charge in [0.1, 0.15) is 0 Å². The summed E-state index contributed by atoms with van der Waals surface area (Å²) in [6.45, 7) is 1.59. The predicted octanol–water partition coefficient (Wildman–Crippen LogP) is 4.05. The van der Waals surface area contributed by atoms with E-state index in [1.165, 1.54) is 4.90 Å². The summed E-state index contributed by atoms with van der Waals surface area (Å²) in [6.07, 6.45) is -0.878. The SMILES string of the molecule is C[C@H](OC(=O)c1cccc2ccccc12)C(=O)N(C)c1ccccc1. The summed E-state index contributed by atoms with van der Waals surface area (Å²) in [5.74, 6) is -0.779. The molecule has 0 aromatic heterocycles. The molecule has 0 N–H and O–H groups in total. The number of hydrogen-bond donors (Lipinski definition) is 0. The van der Waals surface area contributed by atoms with E-state index in [0.29, 0.717) is 5.56 Å². The average Bonchev–Trinajstić information content (AvgIpc) is 2.66. The maximum Gasteiger partial charge on any atom is 0.339 e. The van der Waals surface area contributed by atoms with Crippen molar-refractivity contribution in [2.24, 2.45) is 0 Å². The first kappa shape index (κ1) is 16.7. The van der Waals surface area contributed by atoms with Crippen LogP contribution in [-0.4, -0.2) is 25.0 Å². The van der Waals surface area contributed by atoms with Crippen LogP contribution in [-0.2, 0) is 9.53 Å². The third-order valence-corrected chi connectivity index (χ3v) is 4.12. The molecule has 0 aliphatic rings. The van der Waals surface area contributed by atoms with Gasteiger partial charge in [-0.2, -0.15) is 0 Å². The van der Waals surface area contributed by atoms with Gasteiger partial charge in [-0.3, -0.25) is 4.79 Å². The molecule has 0 unspecified atom stereocenters. The molecule has 1 atom stereocenters. The molecule has 0 aliphatic heterocycles. The van der Waals surface area contributed by atoms with Crippen molar-refractivity contribution in [2.45, 2.75) is 13.0 Å². The summed E-state index contributed by atoms with van der Waals surface area (Å²) < 4.78 is 5.42. The van der Waals surface area contributed by atoms with Crippen molar-refractivity contribution >= 4 is 28.3 Å². The van der Waals surface area contributed by atoms with Crippen molar-refractivity contribution in [3.63, 3.8) is 0 Å². The monoisotopic (exact) mass is 333 g/mol. The molecule has 0 saturated heterocycles. The Morgan fingerprint density at radius 1 is 0.880 bits per heavy atom. The number of carbonyl (C=O) groups excluding carboxylic acids is 2. The summed E-state index contributed by atoms with van der Waals surface area (Å²) in [4.78, 5) is 26.5. The highest BCUT2D eigenvalue weighted by Gasteiger charge is 2.23. The number of amides is 1. The van der Waals surface area contributed by atoms with Gasteiger partial charge in [-0.15, -0.1) is 0 Å². The normalized spacial score (nSPS) is 11.8. The van der Waals surface area contributed by atoms with Gasteiger partial charge >= 0.3 is 5.97 Å². The fourth-order valence-corrected chi connectivity index (χ4v) is 2.73. The lowest BCUT2D eigenvalue weighted by atomic mass is 10.0. The number of esters is 1. The number of para-hydroxylation sites is 1. The Balaban J connectivity index is 1.77. The van der Waals surface area contributed by atoms with E-state index in [1.54, 1.807) is 20.0 Å². The van der Waals surface area contributed by atoms with Gasteiger partial charge in [0.25, 0.3) is 5.91 Å². The van der Waals surface area contributed by atoms with E-state index >= 15 is 0 Å². The maximum atomic E-state index is 12.5. The first-order chi connectivity index (χ1) is 12.1. The molecular formula is C21H19NO3. The minimum absolute atomic E-state index is 0.278. The molecule has 0 fully saturated rings. The highest BCUT2D eigenvalue weighted by Crippen LogP contribution is 2.20. The lowest BCUT2D eigenvalue weighted by Crippen LogP contribution is -2.37. The Kier molecular flexibility index (Phi) is 4.80. The van der Waals surface area contributed by atoms with Gasteiger partial charge in [0.15, 0.2) is 6.10 Å². The van der Waals surface area contributed by atoms with Crippen LogP contribution in [0.3, 0.4) is 0 Å². The highest BCUT2D eigenvalue weighted by molar-refractivity contribution is 6.06. The van der Waals surface area contributed by atoms with Crippen molar-refractivity contribution in [1.82, 2.24) is 0 Å². The zero-order chi connectivity index (χ0) is 17.8. The fraction of sp³-hybridized carbons (Fsp3) is 0.143. The van der Waals surface area contributed by atoms with Crippen LogP contribution in [0.2, 0.25) is 0 Å². The van der Waals surface area contributed by atoms with Crippen LogP contribution >= 0.6 is 0 Å². The van der Waals surface area contributed by atoms with Crippen LogP contribution in [0.5, 0.6) is 0 Å². The van der Waals surface area contributed by atoms with E-state index in [4.69, 9.17) is 4.74 Å². The summed E-state index contributed by atoms with van der Waals surface area (Å²) >= 11 is 0. The van der Waals surface area contributed by atoms with Crippen LogP contribution in [0.1, 0.15) is 17.3 Å². The Bertz CT molecular complexity index is 900. The maximum absolute atomic E-state index is 12.5. The molecule has 3 rings (SSSR count). The second-order valence-electron chi connectivity index (χ2n) is 5.81. The molecule has 3 aromatic carbocycles. The van der Waals surface area contributed by atoms with Gasteiger partial charge in [-0.1, -0.05) is 54.6 Å². The largest absolute Gasteiger partial charge is 0.449 e. The smallest absolute Gasteiger partial charge is 0.339 e. The molecule has 3 aromatic rings. The standard InChI is InChI=1S/C21H19NO3/c1-15(20(23)22(2)17-11-4-3-5-12-17)25-21(24)19-14-8-10-16-9-6-7-13-18(16)19/h3-15H,1-2H3/t15-/m0/s1. The van der Waals surface area contributed by atoms with E-state index in [1.807, 2.05) is 66.7 Å². The van der Waals surface area contributed by atoms with Crippen molar-refractivity contribution < 1.29 is 14.3 Å². The van der Waals surface area contributed by atoms with Crippen molar-refractivity contribution in [3.8, 4) is 0 Å². The van der Waals surface area contributed by atoms with E-state index in [-0.39, 0.29) is 5.91 Å². The highest BCUT2D eigenvalue weighted by atomic mass is 16.5. The zero-order valence-electron chi connectivity index (χ0n) is 14.2. The number of anilines is 1. The molecule has 0 heterocycles. The lowest BCUT2D eigenvalue weighted by Gasteiger charge is -2.21. The van der Waals surface area contributed by atoms with Gasteiger partial charge in [-0.05, 0) is 35.9 Å². The van der Waals surface area contributed by atoms with Crippen LogP contribution in [0.4, 0.5) is 5.69 Å². The topological polar surface area (TPSA) is 46.6 Å². The second kappa shape index (κ2) is 7.18. The number of ether oxygens (including phenoxy) is 1. The van der Waals surface area contributed by atoms with Crippen molar-refractivity contribution in [1.29, 1.82) is 0 Å². The molecule has 0 spiro atoms. The number of nitrogens with zero attached hydrogens (tertiary/aromatic N) is 1. The van der Waals surface area contributed by atoms with Gasteiger partial charge in [0.05, 0.1) is 5.56 Å². The number of benzene rings is 3. The molecule has 0 saturated carbocycles. The minimum atomic E-state index is -0.878.